The Morgan fingerprint density at radius 3 is 2.78 bits per heavy atom. The van der Waals surface area contributed by atoms with Gasteiger partial charge in [0.15, 0.2) is 0 Å². The van der Waals surface area contributed by atoms with Gasteiger partial charge in [0.2, 0.25) is 0 Å². The van der Waals surface area contributed by atoms with Crippen LogP contribution in [0.3, 0.4) is 0 Å². The number of nitrogens with one attached hydrogen (secondary N) is 1. The minimum atomic E-state index is -0.531. The second kappa shape index (κ2) is 7.77. The van der Waals surface area contributed by atoms with E-state index >= 15 is 0 Å². The monoisotopic (exact) mass is 332 g/mol. The molecule has 0 aliphatic heterocycles. The Morgan fingerprint density at radius 1 is 1.22 bits per heavy atom. The zero-order valence-corrected chi connectivity index (χ0v) is 13.6. The first-order valence-corrected chi connectivity index (χ1v) is 8.33. The Bertz CT molecular complexity index is 606. The van der Waals surface area contributed by atoms with E-state index in [4.69, 9.17) is 16.3 Å². The highest BCUT2D eigenvalue weighted by molar-refractivity contribution is 6.30. The standard InChI is InChI=1S/C18H21ClN2O2/c19-14-6-8-15(9-7-14)23-17-5-1-4-16(18(17)22)21-12-13-3-2-10-20-11-13/h2-3,6-11,16-18,21-22H,1,4-5,12H2/t16-,17+,18+/m0/s1. The van der Waals surface area contributed by atoms with Crippen molar-refractivity contribution in [2.45, 2.75) is 44.1 Å². The molecule has 1 fully saturated rings. The van der Waals surface area contributed by atoms with Crippen molar-refractivity contribution in [3.63, 3.8) is 0 Å². The predicted octanol–water partition coefficient (Wildman–Crippen LogP) is 3.19. The molecule has 0 radical (unpaired) electrons. The number of benzene rings is 1. The summed E-state index contributed by atoms with van der Waals surface area (Å²) < 4.78 is 5.94. The van der Waals surface area contributed by atoms with Crippen LogP contribution in [0, 0.1) is 0 Å². The molecule has 2 aromatic rings. The fourth-order valence-corrected chi connectivity index (χ4v) is 3.06. The van der Waals surface area contributed by atoms with Crippen molar-refractivity contribution in [1.29, 1.82) is 0 Å². The van der Waals surface area contributed by atoms with Gasteiger partial charge in [0.05, 0.1) is 0 Å². The Balaban J connectivity index is 1.57. The third kappa shape index (κ3) is 4.44. The van der Waals surface area contributed by atoms with E-state index < -0.39 is 6.10 Å². The topological polar surface area (TPSA) is 54.4 Å². The number of rotatable bonds is 5. The summed E-state index contributed by atoms with van der Waals surface area (Å²) >= 11 is 5.89. The molecule has 1 aliphatic carbocycles. The number of pyridine rings is 1. The first-order chi connectivity index (χ1) is 11.2. The number of halogens is 1. The number of aliphatic hydroxyl groups is 1. The minimum Gasteiger partial charge on any atom is -0.488 e. The predicted molar refractivity (Wildman–Crippen MR) is 90.6 cm³/mol. The molecule has 1 aromatic heterocycles. The van der Waals surface area contributed by atoms with Gasteiger partial charge in [-0.3, -0.25) is 4.98 Å². The average Bonchev–Trinajstić information content (AvgIpc) is 2.58. The molecule has 0 unspecified atom stereocenters. The molecule has 0 saturated heterocycles. The van der Waals surface area contributed by atoms with Gasteiger partial charge in [-0.1, -0.05) is 17.7 Å². The van der Waals surface area contributed by atoms with E-state index in [0.717, 1.165) is 30.6 Å². The van der Waals surface area contributed by atoms with Gasteiger partial charge in [-0.15, -0.1) is 0 Å². The van der Waals surface area contributed by atoms with Gasteiger partial charge in [0.25, 0.3) is 0 Å². The van der Waals surface area contributed by atoms with E-state index in [0.29, 0.717) is 11.6 Å². The van der Waals surface area contributed by atoms with Crippen molar-refractivity contribution in [3.05, 3.63) is 59.4 Å². The first-order valence-electron chi connectivity index (χ1n) is 7.95. The van der Waals surface area contributed by atoms with E-state index in [2.05, 4.69) is 10.3 Å². The Labute approximate surface area is 141 Å². The van der Waals surface area contributed by atoms with Gasteiger partial charge < -0.3 is 15.2 Å². The number of ether oxygens (including phenoxy) is 1. The average molecular weight is 333 g/mol. The van der Waals surface area contributed by atoms with Gasteiger partial charge >= 0.3 is 0 Å². The summed E-state index contributed by atoms with van der Waals surface area (Å²) in [4.78, 5) is 4.11. The molecule has 1 heterocycles. The van der Waals surface area contributed by atoms with Crippen LogP contribution < -0.4 is 10.1 Å². The molecule has 1 saturated carbocycles. The quantitative estimate of drug-likeness (QED) is 0.883. The van der Waals surface area contributed by atoms with E-state index in [9.17, 15) is 5.11 Å². The summed E-state index contributed by atoms with van der Waals surface area (Å²) in [5.74, 6) is 0.742. The SMILES string of the molecule is O[C@@H]1[C@@H](NCc2cccnc2)CCC[C@H]1Oc1ccc(Cl)cc1. The maximum atomic E-state index is 10.6. The molecular formula is C18H21ClN2O2. The largest absolute Gasteiger partial charge is 0.488 e. The van der Waals surface area contributed by atoms with Crippen LogP contribution in [0.4, 0.5) is 0 Å². The zero-order valence-electron chi connectivity index (χ0n) is 12.9. The summed E-state index contributed by atoms with van der Waals surface area (Å²) in [5, 5.41) is 14.7. The summed E-state index contributed by atoms with van der Waals surface area (Å²) in [6, 6.07) is 11.2. The molecule has 4 nitrogen and oxygen atoms in total. The first kappa shape index (κ1) is 16.2. The van der Waals surface area contributed by atoms with Crippen molar-refractivity contribution >= 4 is 11.6 Å². The third-order valence-corrected chi connectivity index (χ3v) is 4.44. The second-order valence-electron chi connectivity index (χ2n) is 5.88. The van der Waals surface area contributed by atoms with Crippen LogP contribution in [0.1, 0.15) is 24.8 Å². The van der Waals surface area contributed by atoms with Gasteiger partial charge in [-0.05, 0) is 55.2 Å². The zero-order chi connectivity index (χ0) is 16.1. The molecule has 122 valence electrons. The van der Waals surface area contributed by atoms with Crippen LogP contribution in [-0.2, 0) is 6.54 Å². The molecule has 5 heteroatoms. The number of aromatic nitrogens is 1. The Hall–Kier alpha value is -1.62. The van der Waals surface area contributed by atoms with Crippen LogP contribution in [0.15, 0.2) is 48.8 Å². The molecule has 1 aliphatic rings. The summed E-state index contributed by atoms with van der Waals surface area (Å²) in [7, 11) is 0. The third-order valence-electron chi connectivity index (χ3n) is 4.19. The highest BCUT2D eigenvalue weighted by Gasteiger charge is 2.33. The van der Waals surface area contributed by atoms with Gasteiger partial charge in [0, 0.05) is 30.0 Å². The molecule has 23 heavy (non-hydrogen) atoms. The molecule has 0 spiro atoms. The molecule has 0 amide bonds. The molecular weight excluding hydrogens is 312 g/mol. The van der Waals surface area contributed by atoms with Crippen molar-refractivity contribution < 1.29 is 9.84 Å². The lowest BCUT2D eigenvalue weighted by Gasteiger charge is -2.35. The fourth-order valence-electron chi connectivity index (χ4n) is 2.93. The van der Waals surface area contributed by atoms with Crippen molar-refractivity contribution in [2.24, 2.45) is 0 Å². The van der Waals surface area contributed by atoms with Crippen molar-refractivity contribution in [3.8, 4) is 5.75 Å². The second-order valence-corrected chi connectivity index (χ2v) is 6.32. The highest BCUT2D eigenvalue weighted by Crippen LogP contribution is 2.25. The van der Waals surface area contributed by atoms with Crippen LogP contribution in [0.5, 0.6) is 5.75 Å². The molecule has 0 bridgehead atoms. The van der Waals surface area contributed by atoms with Crippen LogP contribution in [0.2, 0.25) is 5.02 Å². The number of nitrogens with zero attached hydrogens (tertiary/aromatic N) is 1. The summed E-state index contributed by atoms with van der Waals surface area (Å²) in [6.07, 6.45) is 5.70. The Kier molecular flexibility index (Phi) is 5.49. The summed E-state index contributed by atoms with van der Waals surface area (Å²) in [6.45, 7) is 0.698. The molecule has 3 rings (SSSR count). The van der Waals surface area contributed by atoms with E-state index in [1.165, 1.54) is 0 Å². The smallest absolute Gasteiger partial charge is 0.126 e. The van der Waals surface area contributed by atoms with Gasteiger partial charge in [-0.2, -0.15) is 0 Å². The van der Waals surface area contributed by atoms with E-state index in [1.54, 1.807) is 18.3 Å². The number of aliphatic hydroxyl groups excluding tert-OH is 1. The maximum Gasteiger partial charge on any atom is 0.126 e. The Morgan fingerprint density at radius 2 is 2.04 bits per heavy atom. The van der Waals surface area contributed by atoms with E-state index in [-0.39, 0.29) is 12.1 Å². The lowest BCUT2D eigenvalue weighted by Crippen LogP contribution is -2.50. The maximum absolute atomic E-state index is 10.6. The van der Waals surface area contributed by atoms with Crippen molar-refractivity contribution in [2.75, 3.05) is 0 Å². The number of hydrogen-bond acceptors (Lipinski definition) is 4. The van der Waals surface area contributed by atoms with Crippen LogP contribution in [-0.4, -0.2) is 28.3 Å². The molecule has 2 N–H and O–H groups in total. The lowest BCUT2D eigenvalue weighted by atomic mass is 9.89. The van der Waals surface area contributed by atoms with Gasteiger partial charge in [-0.25, -0.2) is 0 Å². The highest BCUT2D eigenvalue weighted by atomic mass is 35.5. The van der Waals surface area contributed by atoms with Gasteiger partial charge in [0.1, 0.15) is 18.0 Å². The summed E-state index contributed by atoms with van der Waals surface area (Å²) in [5.41, 5.74) is 1.11. The van der Waals surface area contributed by atoms with E-state index in [1.807, 2.05) is 30.5 Å². The minimum absolute atomic E-state index is 0.0289. The fraction of sp³-hybridized carbons (Fsp3) is 0.389. The molecule has 3 atom stereocenters. The lowest BCUT2D eigenvalue weighted by molar-refractivity contribution is -0.0157. The van der Waals surface area contributed by atoms with Crippen LogP contribution in [0.25, 0.3) is 0 Å². The number of hydrogen-bond donors (Lipinski definition) is 2. The van der Waals surface area contributed by atoms with Crippen molar-refractivity contribution in [1.82, 2.24) is 10.3 Å². The van der Waals surface area contributed by atoms with Crippen LogP contribution >= 0.6 is 11.6 Å². The molecule has 1 aromatic carbocycles. The normalized spacial score (nSPS) is 24.3.